The van der Waals surface area contributed by atoms with Crippen LogP contribution in [-0.4, -0.2) is 34.5 Å². The van der Waals surface area contributed by atoms with Crippen LogP contribution in [0.5, 0.6) is 0 Å². The normalized spacial score (nSPS) is 18.4. The van der Waals surface area contributed by atoms with Crippen molar-refractivity contribution in [1.82, 2.24) is 5.32 Å². The molecule has 0 atom stereocenters. The lowest BCUT2D eigenvalue weighted by Crippen LogP contribution is -2.59. The van der Waals surface area contributed by atoms with Crippen LogP contribution in [0.2, 0.25) is 0 Å². The smallest absolute Gasteiger partial charge is 0.329 e. The summed E-state index contributed by atoms with van der Waals surface area (Å²) in [6.07, 6.45) is 4.33. The maximum absolute atomic E-state index is 11.3. The van der Waals surface area contributed by atoms with Gasteiger partial charge in [0.25, 0.3) is 0 Å². The van der Waals surface area contributed by atoms with Crippen molar-refractivity contribution >= 4 is 23.6 Å². The molecule has 0 aromatic carbocycles. The summed E-state index contributed by atoms with van der Waals surface area (Å²) >= 11 is 1.58. The van der Waals surface area contributed by atoms with Crippen LogP contribution in [0.1, 0.15) is 25.7 Å². The molecule has 0 bridgehead atoms. The van der Waals surface area contributed by atoms with Gasteiger partial charge in [0.1, 0.15) is 5.54 Å². The summed E-state index contributed by atoms with van der Waals surface area (Å²) in [5.74, 6) is -0.315. The molecule has 0 aromatic heterocycles. The fraction of sp³-hybridized carbons (Fsp3) is 0.778. The first-order valence-electron chi connectivity index (χ1n) is 4.64. The molecule has 4 nitrogen and oxygen atoms in total. The van der Waals surface area contributed by atoms with Crippen LogP contribution in [0.15, 0.2) is 0 Å². The predicted octanol–water partition coefficient (Wildman–Crippen LogP) is 0.863. The van der Waals surface area contributed by atoms with Crippen molar-refractivity contribution in [2.45, 2.75) is 31.2 Å². The Morgan fingerprint density at radius 1 is 1.50 bits per heavy atom. The van der Waals surface area contributed by atoms with Gasteiger partial charge in [-0.05, 0) is 25.5 Å². The molecule has 1 saturated carbocycles. The van der Waals surface area contributed by atoms with Crippen molar-refractivity contribution in [2.24, 2.45) is 0 Å². The van der Waals surface area contributed by atoms with E-state index >= 15 is 0 Å². The Kier molecular flexibility index (Phi) is 3.80. The number of carboxylic acids is 1. The second-order valence-electron chi connectivity index (χ2n) is 3.53. The highest BCUT2D eigenvalue weighted by molar-refractivity contribution is 7.98. The van der Waals surface area contributed by atoms with Crippen LogP contribution < -0.4 is 5.32 Å². The minimum Gasteiger partial charge on any atom is -0.480 e. The summed E-state index contributed by atoms with van der Waals surface area (Å²) in [4.78, 5) is 22.2. The second kappa shape index (κ2) is 4.68. The van der Waals surface area contributed by atoms with E-state index in [1.807, 2.05) is 6.26 Å². The number of nitrogens with one attached hydrogen (secondary N) is 1. The average molecular weight is 217 g/mol. The van der Waals surface area contributed by atoms with Crippen LogP contribution in [-0.2, 0) is 9.59 Å². The van der Waals surface area contributed by atoms with Gasteiger partial charge in [-0.3, -0.25) is 4.79 Å². The van der Waals surface area contributed by atoms with Crippen molar-refractivity contribution < 1.29 is 14.7 Å². The summed E-state index contributed by atoms with van der Waals surface area (Å²) < 4.78 is 0. The fourth-order valence-electron chi connectivity index (χ4n) is 1.45. The molecular formula is C9H15NO3S. The Hall–Kier alpha value is -0.710. The number of hydrogen-bond acceptors (Lipinski definition) is 3. The summed E-state index contributed by atoms with van der Waals surface area (Å²) in [6.45, 7) is 0. The molecule has 0 aliphatic heterocycles. The molecule has 80 valence electrons. The number of rotatable bonds is 5. The van der Waals surface area contributed by atoms with Crippen molar-refractivity contribution in [3.05, 3.63) is 0 Å². The van der Waals surface area contributed by atoms with E-state index in [9.17, 15) is 9.59 Å². The van der Waals surface area contributed by atoms with Gasteiger partial charge in [-0.25, -0.2) is 4.79 Å². The lowest BCUT2D eigenvalue weighted by Gasteiger charge is -2.38. The Morgan fingerprint density at radius 2 is 2.14 bits per heavy atom. The number of carboxylic acid groups (broad SMARTS) is 1. The Labute approximate surface area is 87.4 Å². The van der Waals surface area contributed by atoms with E-state index in [0.29, 0.717) is 19.3 Å². The summed E-state index contributed by atoms with van der Waals surface area (Å²) in [5.41, 5.74) is -0.949. The van der Waals surface area contributed by atoms with Crippen LogP contribution in [0.3, 0.4) is 0 Å². The highest BCUT2D eigenvalue weighted by Gasteiger charge is 2.45. The number of hydrogen-bond donors (Lipinski definition) is 2. The fourth-order valence-corrected chi connectivity index (χ4v) is 1.84. The number of carbonyl (C=O) groups excluding carboxylic acids is 1. The van der Waals surface area contributed by atoms with Gasteiger partial charge in [-0.1, -0.05) is 0 Å². The van der Waals surface area contributed by atoms with E-state index in [4.69, 9.17) is 5.11 Å². The van der Waals surface area contributed by atoms with Crippen LogP contribution in [0.4, 0.5) is 0 Å². The topological polar surface area (TPSA) is 66.4 Å². The van der Waals surface area contributed by atoms with E-state index in [2.05, 4.69) is 5.32 Å². The van der Waals surface area contributed by atoms with E-state index in [0.717, 1.165) is 12.2 Å². The van der Waals surface area contributed by atoms with Gasteiger partial charge in [0.05, 0.1) is 0 Å². The quantitative estimate of drug-likeness (QED) is 0.717. The van der Waals surface area contributed by atoms with Crippen LogP contribution >= 0.6 is 11.8 Å². The van der Waals surface area contributed by atoms with E-state index < -0.39 is 11.5 Å². The maximum atomic E-state index is 11.3. The van der Waals surface area contributed by atoms with Gasteiger partial charge in [0, 0.05) is 12.2 Å². The zero-order valence-corrected chi connectivity index (χ0v) is 9.02. The van der Waals surface area contributed by atoms with Gasteiger partial charge in [0.15, 0.2) is 0 Å². The van der Waals surface area contributed by atoms with Gasteiger partial charge in [0.2, 0.25) is 5.91 Å². The number of amides is 1. The molecular weight excluding hydrogens is 202 g/mol. The average Bonchev–Trinajstić information content (AvgIpc) is 2.07. The third kappa shape index (κ3) is 2.41. The SMILES string of the molecule is CSCCC(=O)NC1(C(=O)O)CCC1. The third-order valence-electron chi connectivity index (χ3n) is 2.53. The highest BCUT2D eigenvalue weighted by atomic mass is 32.2. The highest BCUT2D eigenvalue weighted by Crippen LogP contribution is 2.32. The van der Waals surface area contributed by atoms with Gasteiger partial charge in [-0.2, -0.15) is 11.8 Å². The van der Waals surface area contributed by atoms with Crippen LogP contribution in [0.25, 0.3) is 0 Å². The van der Waals surface area contributed by atoms with Crippen LogP contribution in [0, 0.1) is 0 Å². The third-order valence-corrected chi connectivity index (χ3v) is 3.14. The molecule has 1 rings (SSSR count). The minimum atomic E-state index is -0.949. The molecule has 2 N–H and O–H groups in total. The second-order valence-corrected chi connectivity index (χ2v) is 4.52. The first-order valence-corrected chi connectivity index (χ1v) is 6.03. The molecule has 0 spiro atoms. The first-order chi connectivity index (χ1) is 6.60. The zero-order valence-electron chi connectivity index (χ0n) is 8.21. The Morgan fingerprint density at radius 3 is 2.50 bits per heavy atom. The zero-order chi connectivity index (χ0) is 10.6. The molecule has 14 heavy (non-hydrogen) atoms. The van der Waals surface area contributed by atoms with Gasteiger partial charge >= 0.3 is 5.97 Å². The Bertz CT molecular complexity index is 238. The predicted molar refractivity (Wildman–Crippen MR) is 55.4 cm³/mol. The molecule has 0 heterocycles. The summed E-state index contributed by atoms with van der Waals surface area (Å²) in [6, 6.07) is 0. The molecule has 0 radical (unpaired) electrons. The lowest BCUT2D eigenvalue weighted by molar-refractivity contribution is -0.151. The molecule has 1 amide bonds. The molecule has 1 aliphatic carbocycles. The first kappa shape index (κ1) is 11.4. The van der Waals surface area contributed by atoms with Crippen molar-refractivity contribution in [2.75, 3.05) is 12.0 Å². The molecule has 1 aliphatic rings. The van der Waals surface area contributed by atoms with E-state index in [-0.39, 0.29) is 5.91 Å². The number of aliphatic carboxylic acids is 1. The standard InChI is InChI=1S/C9H15NO3S/c1-14-6-3-7(11)10-9(8(12)13)4-2-5-9/h2-6H2,1H3,(H,10,11)(H,12,13). The van der Waals surface area contributed by atoms with E-state index in [1.165, 1.54) is 0 Å². The summed E-state index contributed by atoms with van der Waals surface area (Å²) in [7, 11) is 0. The van der Waals surface area contributed by atoms with Crippen molar-refractivity contribution in [3.63, 3.8) is 0 Å². The molecule has 1 fully saturated rings. The molecule has 0 aromatic rings. The Balaban J connectivity index is 2.41. The number of thioether (sulfide) groups is 1. The van der Waals surface area contributed by atoms with Gasteiger partial charge in [-0.15, -0.1) is 0 Å². The number of carbonyl (C=O) groups is 2. The monoisotopic (exact) mass is 217 g/mol. The minimum absolute atomic E-state index is 0.151. The van der Waals surface area contributed by atoms with Gasteiger partial charge < -0.3 is 10.4 Å². The van der Waals surface area contributed by atoms with Crippen molar-refractivity contribution in [1.29, 1.82) is 0 Å². The van der Waals surface area contributed by atoms with Crippen molar-refractivity contribution in [3.8, 4) is 0 Å². The largest absolute Gasteiger partial charge is 0.480 e. The molecule has 5 heteroatoms. The maximum Gasteiger partial charge on any atom is 0.329 e. The molecule has 0 unspecified atom stereocenters. The summed E-state index contributed by atoms with van der Waals surface area (Å²) in [5, 5.41) is 11.6. The molecule has 0 saturated heterocycles. The van der Waals surface area contributed by atoms with E-state index in [1.54, 1.807) is 11.8 Å². The lowest BCUT2D eigenvalue weighted by atomic mass is 9.76.